The van der Waals surface area contributed by atoms with Crippen LogP contribution in [0.3, 0.4) is 0 Å². The topological polar surface area (TPSA) is 169 Å². The van der Waals surface area contributed by atoms with Gasteiger partial charge in [0.2, 0.25) is 5.91 Å². The SMILES string of the molecule is CC(C)(C)OC(=O)CN1CCN(CC(=O)NCCOCCOCCOCCO)CCN(CC(=O)OC(C)(C)C)CCN(CC(=O)OC(C)(C)C)CC1. The minimum absolute atomic E-state index is 0.0245. The van der Waals surface area contributed by atoms with Crippen LogP contribution in [0.2, 0.25) is 0 Å². The zero-order valence-corrected chi connectivity index (χ0v) is 33.5. The van der Waals surface area contributed by atoms with Gasteiger partial charge in [-0.3, -0.25) is 38.8 Å². The molecule has 1 aliphatic rings. The summed E-state index contributed by atoms with van der Waals surface area (Å²) in [6.45, 7) is 22.9. The zero-order chi connectivity index (χ0) is 39.2. The molecule has 0 saturated carbocycles. The fraction of sp³-hybridized carbons (Fsp3) is 0.889. The van der Waals surface area contributed by atoms with Gasteiger partial charge in [0.15, 0.2) is 0 Å². The number of ether oxygens (including phenoxy) is 6. The van der Waals surface area contributed by atoms with E-state index in [0.717, 1.165) is 0 Å². The van der Waals surface area contributed by atoms with E-state index in [1.807, 2.05) is 81.9 Å². The maximum atomic E-state index is 13.0. The Labute approximate surface area is 311 Å². The zero-order valence-electron chi connectivity index (χ0n) is 33.5. The predicted octanol–water partition coefficient (Wildman–Crippen LogP) is 0.391. The van der Waals surface area contributed by atoms with Crippen molar-refractivity contribution in [2.45, 2.75) is 79.1 Å². The smallest absolute Gasteiger partial charge is 0.320 e. The molecule has 52 heavy (non-hydrogen) atoms. The van der Waals surface area contributed by atoms with Crippen molar-refractivity contribution < 1.29 is 52.7 Å². The minimum atomic E-state index is -0.639. The molecule has 2 N–H and O–H groups in total. The average Bonchev–Trinajstić information content (AvgIpc) is 2.98. The highest BCUT2D eigenvalue weighted by Gasteiger charge is 2.26. The van der Waals surface area contributed by atoms with Crippen LogP contribution < -0.4 is 5.32 Å². The Morgan fingerprint density at radius 1 is 0.481 bits per heavy atom. The highest BCUT2D eigenvalue weighted by Crippen LogP contribution is 2.11. The van der Waals surface area contributed by atoms with Crippen LogP contribution in [0.1, 0.15) is 62.3 Å². The van der Waals surface area contributed by atoms with Gasteiger partial charge in [0.05, 0.1) is 72.4 Å². The summed E-state index contributed by atoms with van der Waals surface area (Å²) in [4.78, 5) is 59.6. The quantitative estimate of drug-likeness (QED) is 0.106. The molecule has 0 unspecified atom stereocenters. The van der Waals surface area contributed by atoms with Crippen molar-refractivity contribution in [1.82, 2.24) is 24.9 Å². The summed E-state index contributed by atoms with van der Waals surface area (Å²) in [5.74, 6) is -1.24. The molecule has 1 rings (SSSR count). The number of amides is 1. The Balaban J connectivity index is 2.98. The highest BCUT2D eigenvalue weighted by atomic mass is 16.6. The lowest BCUT2D eigenvalue weighted by Crippen LogP contribution is -2.50. The first-order chi connectivity index (χ1) is 24.2. The molecular weight excluding hydrogens is 678 g/mol. The molecule has 0 aromatic rings. The van der Waals surface area contributed by atoms with Crippen LogP contribution in [0.25, 0.3) is 0 Å². The summed E-state index contributed by atoms with van der Waals surface area (Å²) in [6, 6.07) is 0. The fourth-order valence-electron chi connectivity index (χ4n) is 5.01. The number of nitrogens with one attached hydrogen (secondary N) is 1. The molecule has 0 spiro atoms. The summed E-state index contributed by atoms with van der Waals surface area (Å²) in [6.07, 6.45) is 0. The van der Waals surface area contributed by atoms with E-state index in [-0.39, 0.29) is 63.2 Å². The van der Waals surface area contributed by atoms with Crippen LogP contribution in [0, 0.1) is 0 Å². The fourth-order valence-corrected chi connectivity index (χ4v) is 5.01. The summed E-state index contributed by atoms with van der Waals surface area (Å²) in [5.41, 5.74) is -1.91. The van der Waals surface area contributed by atoms with Gasteiger partial charge in [0.25, 0.3) is 0 Å². The average molecular weight is 748 g/mol. The van der Waals surface area contributed by atoms with E-state index >= 15 is 0 Å². The van der Waals surface area contributed by atoms with E-state index in [2.05, 4.69) is 5.32 Å². The second-order valence-electron chi connectivity index (χ2n) is 15.8. The number of carbonyl (C=O) groups excluding carboxylic acids is 4. The highest BCUT2D eigenvalue weighted by molar-refractivity contribution is 5.78. The molecule has 0 radical (unpaired) electrons. The van der Waals surface area contributed by atoms with Crippen LogP contribution in [0.5, 0.6) is 0 Å². The molecular formula is C36H69N5O11. The van der Waals surface area contributed by atoms with Gasteiger partial charge in [-0.1, -0.05) is 0 Å². The van der Waals surface area contributed by atoms with Crippen molar-refractivity contribution in [3.8, 4) is 0 Å². The van der Waals surface area contributed by atoms with Crippen molar-refractivity contribution in [2.24, 2.45) is 0 Å². The summed E-state index contributed by atoms with van der Waals surface area (Å²) >= 11 is 0. The molecule has 16 heteroatoms. The van der Waals surface area contributed by atoms with Gasteiger partial charge in [-0.2, -0.15) is 0 Å². The maximum Gasteiger partial charge on any atom is 0.320 e. The Bertz CT molecular complexity index is 997. The van der Waals surface area contributed by atoms with Crippen LogP contribution in [0.4, 0.5) is 0 Å². The molecule has 0 aromatic heterocycles. The van der Waals surface area contributed by atoms with E-state index in [9.17, 15) is 19.2 Å². The standard InChI is InChI=1S/C36H69N5O11/c1-34(2,3)50-31(44)27-39-13-11-38(26-30(43)37-10-20-47-22-24-49-25-23-48-21-19-42)12-14-40(28-32(45)51-35(4,5)6)16-18-41(17-15-39)29-33(46)52-36(7,8)9/h42H,10-29H2,1-9H3,(H,37,43). The predicted molar refractivity (Wildman–Crippen MR) is 196 cm³/mol. The van der Waals surface area contributed by atoms with E-state index < -0.39 is 16.8 Å². The second kappa shape index (κ2) is 24.8. The first-order valence-corrected chi connectivity index (χ1v) is 18.4. The molecule has 304 valence electrons. The molecule has 1 fully saturated rings. The van der Waals surface area contributed by atoms with Gasteiger partial charge in [0, 0.05) is 58.9 Å². The minimum Gasteiger partial charge on any atom is -0.459 e. The Hall–Kier alpha value is -2.44. The molecule has 0 aliphatic carbocycles. The van der Waals surface area contributed by atoms with Crippen molar-refractivity contribution in [3.63, 3.8) is 0 Å². The molecule has 1 amide bonds. The molecule has 0 aromatic carbocycles. The number of hydrogen-bond donors (Lipinski definition) is 2. The molecule has 16 nitrogen and oxygen atoms in total. The van der Waals surface area contributed by atoms with E-state index in [1.54, 1.807) is 0 Å². The largest absolute Gasteiger partial charge is 0.459 e. The third kappa shape index (κ3) is 27.2. The monoisotopic (exact) mass is 747 g/mol. The number of carbonyl (C=O) groups is 4. The lowest BCUT2D eigenvalue weighted by molar-refractivity contribution is -0.158. The number of nitrogens with zero attached hydrogens (tertiary/aromatic N) is 4. The van der Waals surface area contributed by atoms with Crippen molar-refractivity contribution >= 4 is 23.8 Å². The molecule has 1 aliphatic heterocycles. The second-order valence-corrected chi connectivity index (χ2v) is 15.8. The molecule has 0 atom stereocenters. The number of aliphatic hydroxyl groups is 1. The van der Waals surface area contributed by atoms with Crippen molar-refractivity contribution in [1.29, 1.82) is 0 Å². The third-order valence-corrected chi connectivity index (χ3v) is 7.16. The molecule has 1 heterocycles. The van der Waals surface area contributed by atoms with Crippen LogP contribution >= 0.6 is 0 Å². The Morgan fingerprint density at radius 3 is 1.08 bits per heavy atom. The van der Waals surface area contributed by atoms with Gasteiger partial charge in [0.1, 0.15) is 16.8 Å². The Kier molecular flexibility index (Phi) is 22.7. The van der Waals surface area contributed by atoms with Crippen molar-refractivity contribution in [2.75, 3.05) is 131 Å². The maximum absolute atomic E-state index is 13.0. The van der Waals surface area contributed by atoms with Crippen LogP contribution in [-0.4, -0.2) is 197 Å². The van der Waals surface area contributed by atoms with Crippen LogP contribution in [0.15, 0.2) is 0 Å². The van der Waals surface area contributed by atoms with E-state index in [0.29, 0.717) is 91.9 Å². The van der Waals surface area contributed by atoms with Gasteiger partial charge in [-0.15, -0.1) is 0 Å². The first kappa shape index (κ1) is 47.6. The van der Waals surface area contributed by atoms with Crippen LogP contribution in [-0.2, 0) is 47.6 Å². The lowest BCUT2D eigenvalue weighted by atomic mass is 10.2. The van der Waals surface area contributed by atoms with Gasteiger partial charge >= 0.3 is 17.9 Å². The van der Waals surface area contributed by atoms with E-state index in [4.69, 9.17) is 33.5 Å². The number of aliphatic hydroxyl groups excluding tert-OH is 1. The van der Waals surface area contributed by atoms with Gasteiger partial charge in [-0.25, -0.2) is 0 Å². The third-order valence-electron chi connectivity index (χ3n) is 7.16. The Morgan fingerprint density at radius 2 is 0.769 bits per heavy atom. The van der Waals surface area contributed by atoms with Crippen molar-refractivity contribution in [3.05, 3.63) is 0 Å². The summed E-state index contributed by atoms with van der Waals surface area (Å²) in [5, 5.41) is 11.6. The van der Waals surface area contributed by atoms with E-state index in [1.165, 1.54) is 0 Å². The van der Waals surface area contributed by atoms with Gasteiger partial charge < -0.3 is 38.8 Å². The number of rotatable bonds is 19. The van der Waals surface area contributed by atoms with Gasteiger partial charge in [-0.05, 0) is 62.3 Å². The summed E-state index contributed by atoms with van der Waals surface area (Å²) in [7, 11) is 0. The number of hydrogen-bond acceptors (Lipinski definition) is 15. The molecule has 0 bridgehead atoms. The summed E-state index contributed by atoms with van der Waals surface area (Å²) < 4.78 is 32.9. The molecule has 1 saturated heterocycles. The number of esters is 3. The lowest BCUT2D eigenvalue weighted by Gasteiger charge is -2.34. The first-order valence-electron chi connectivity index (χ1n) is 18.4. The normalized spacial score (nSPS) is 16.8.